The van der Waals surface area contributed by atoms with Gasteiger partial charge >= 0.3 is 0 Å². The van der Waals surface area contributed by atoms with E-state index in [0.717, 1.165) is 42.3 Å². The topological polar surface area (TPSA) is 15.7 Å². The van der Waals surface area contributed by atoms with Gasteiger partial charge in [0.05, 0.1) is 11.6 Å². The van der Waals surface area contributed by atoms with Gasteiger partial charge in [0.2, 0.25) is 0 Å². The van der Waals surface area contributed by atoms with E-state index in [1.165, 1.54) is 31.6 Å². The molecule has 2 heterocycles. The lowest BCUT2D eigenvalue weighted by molar-refractivity contribution is 0.255. The zero-order valence-corrected chi connectivity index (χ0v) is 13.8. The largest absolute Gasteiger partial charge is 0.492 e. The monoisotopic (exact) mass is 308 g/mol. The van der Waals surface area contributed by atoms with E-state index >= 15 is 0 Å². The van der Waals surface area contributed by atoms with Crippen molar-refractivity contribution in [1.29, 1.82) is 0 Å². The highest BCUT2D eigenvalue weighted by Gasteiger charge is 2.39. The lowest BCUT2D eigenvalue weighted by Crippen LogP contribution is -2.31. The first-order valence-electron chi connectivity index (χ1n) is 8.01. The molecule has 0 aliphatic carbocycles. The van der Waals surface area contributed by atoms with E-state index in [1.54, 1.807) is 0 Å². The smallest absolute Gasteiger partial charge is 0.137 e. The zero-order chi connectivity index (χ0) is 14.8. The lowest BCUT2D eigenvalue weighted by Gasteiger charge is -2.20. The van der Waals surface area contributed by atoms with Crippen LogP contribution in [0.5, 0.6) is 5.75 Å². The molecule has 3 rings (SSSR count). The summed E-state index contributed by atoms with van der Waals surface area (Å²) in [6.07, 6.45) is 2.35. The van der Waals surface area contributed by atoms with Gasteiger partial charge < -0.3 is 9.64 Å². The van der Waals surface area contributed by atoms with Gasteiger partial charge in [-0.05, 0) is 50.0 Å². The molecule has 0 amide bonds. The van der Waals surface area contributed by atoms with Gasteiger partial charge in [0.15, 0.2) is 0 Å². The first kappa shape index (κ1) is 15.1. The maximum absolute atomic E-state index is 6.32. The van der Waals surface area contributed by atoms with Gasteiger partial charge in [-0.25, -0.2) is 0 Å². The Morgan fingerprint density at radius 3 is 2.90 bits per heavy atom. The number of nitrogens with zero attached hydrogens (tertiary/aromatic N) is 2. The fourth-order valence-corrected chi connectivity index (χ4v) is 3.88. The van der Waals surface area contributed by atoms with Crippen LogP contribution in [0.25, 0.3) is 0 Å². The second-order valence-electron chi connectivity index (χ2n) is 6.40. The van der Waals surface area contributed by atoms with Crippen LogP contribution in [0.2, 0.25) is 5.02 Å². The molecule has 2 aliphatic rings. The van der Waals surface area contributed by atoms with Gasteiger partial charge in [-0.2, -0.15) is 0 Å². The summed E-state index contributed by atoms with van der Waals surface area (Å²) < 4.78 is 5.63. The third-order valence-corrected chi connectivity index (χ3v) is 5.06. The first-order valence-corrected chi connectivity index (χ1v) is 8.39. The average Bonchev–Trinajstić information content (AvgIpc) is 3.00. The summed E-state index contributed by atoms with van der Waals surface area (Å²) in [5, 5.41) is 0.734. The Hall–Kier alpha value is -0.770. The Kier molecular flexibility index (Phi) is 4.72. The van der Waals surface area contributed by atoms with Crippen LogP contribution < -0.4 is 4.74 Å². The van der Waals surface area contributed by atoms with Gasteiger partial charge in [0, 0.05) is 25.7 Å². The van der Waals surface area contributed by atoms with Gasteiger partial charge in [-0.15, -0.1) is 0 Å². The second kappa shape index (κ2) is 6.55. The highest BCUT2D eigenvalue weighted by molar-refractivity contribution is 6.32. The molecule has 21 heavy (non-hydrogen) atoms. The summed E-state index contributed by atoms with van der Waals surface area (Å²) in [4.78, 5) is 5.07. The van der Waals surface area contributed by atoms with Crippen LogP contribution in [0.3, 0.4) is 0 Å². The van der Waals surface area contributed by atoms with Crippen molar-refractivity contribution in [3.63, 3.8) is 0 Å². The molecule has 0 unspecified atom stereocenters. The molecular formula is C17H25ClN2O. The van der Waals surface area contributed by atoms with Crippen molar-refractivity contribution in [3.05, 3.63) is 28.8 Å². The molecule has 0 spiro atoms. The fraction of sp³-hybridized carbons (Fsp3) is 0.647. The van der Waals surface area contributed by atoms with Crippen LogP contribution in [0.15, 0.2) is 18.2 Å². The highest BCUT2D eigenvalue weighted by atomic mass is 35.5. The molecule has 4 heteroatoms. The lowest BCUT2D eigenvalue weighted by atomic mass is 10.1. The Labute approximate surface area is 132 Å². The third kappa shape index (κ3) is 3.36. The molecule has 3 nitrogen and oxygen atoms in total. The molecule has 0 bridgehead atoms. The number of fused-ring (bicyclic) bond motifs is 1. The predicted octanol–water partition coefficient (Wildman–Crippen LogP) is 3.26. The third-order valence-electron chi connectivity index (χ3n) is 4.77. The molecule has 116 valence electrons. The fourth-order valence-electron chi connectivity index (χ4n) is 3.62. The maximum Gasteiger partial charge on any atom is 0.137 e. The summed E-state index contributed by atoms with van der Waals surface area (Å²) >= 11 is 6.32. The summed E-state index contributed by atoms with van der Waals surface area (Å²) in [7, 11) is 2.25. The van der Waals surface area contributed by atoms with E-state index in [1.807, 2.05) is 6.07 Å². The zero-order valence-electron chi connectivity index (χ0n) is 13.0. The Morgan fingerprint density at radius 2 is 2.19 bits per heavy atom. The first-order chi connectivity index (χ1) is 10.2. The Morgan fingerprint density at radius 1 is 1.33 bits per heavy atom. The van der Waals surface area contributed by atoms with Crippen molar-refractivity contribution in [2.75, 3.05) is 33.3 Å². The van der Waals surface area contributed by atoms with Crippen LogP contribution in [-0.2, 0) is 6.54 Å². The highest BCUT2D eigenvalue weighted by Crippen LogP contribution is 2.32. The number of likely N-dealkylation sites (tertiary alicyclic amines) is 2. The number of hydrogen-bond donors (Lipinski definition) is 0. The van der Waals surface area contributed by atoms with E-state index in [2.05, 4.69) is 35.9 Å². The minimum absolute atomic E-state index is 0.723. The number of halogens is 1. The van der Waals surface area contributed by atoms with Crippen molar-refractivity contribution in [2.45, 2.75) is 32.4 Å². The molecule has 0 saturated carbocycles. The number of ether oxygens (including phenoxy) is 1. The van der Waals surface area contributed by atoms with Crippen LogP contribution in [0, 0.1) is 5.92 Å². The Bertz CT molecular complexity index is 494. The molecule has 2 aliphatic heterocycles. The minimum Gasteiger partial charge on any atom is -0.492 e. The van der Waals surface area contributed by atoms with Crippen molar-refractivity contribution < 1.29 is 4.74 Å². The number of rotatable bonds is 5. The normalized spacial score (nSPS) is 26.2. The SMILES string of the molecule is CCCOc1ccc(CN2C[C@@H]3CCN(C)[C@@H]3C2)cc1Cl. The van der Waals surface area contributed by atoms with E-state index in [4.69, 9.17) is 16.3 Å². The van der Waals surface area contributed by atoms with Crippen molar-refractivity contribution in [1.82, 2.24) is 9.80 Å². The quantitative estimate of drug-likeness (QED) is 0.830. The summed E-state index contributed by atoms with van der Waals surface area (Å²) in [5.74, 6) is 1.66. The molecule has 1 aromatic rings. The van der Waals surface area contributed by atoms with Gasteiger partial charge in [0.1, 0.15) is 5.75 Å². The van der Waals surface area contributed by atoms with Crippen molar-refractivity contribution in [2.24, 2.45) is 5.92 Å². The van der Waals surface area contributed by atoms with Crippen LogP contribution >= 0.6 is 11.6 Å². The molecule has 2 atom stereocenters. The average molecular weight is 309 g/mol. The number of benzene rings is 1. The predicted molar refractivity (Wildman–Crippen MR) is 87.0 cm³/mol. The van der Waals surface area contributed by atoms with Gasteiger partial charge in [0.25, 0.3) is 0 Å². The van der Waals surface area contributed by atoms with Crippen molar-refractivity contribution >= 4 is 11.6 Å². The standard InChI is InChI=1S/C17H25ClN2O/c1-3-8-21-17-5-4-13(9-15(17)18)10-20-11-14-6-7-19(2)16(14)12-20/h4-5,9,14,16H,3,6-8,10-12H2,1-2H3/t14-,16+/m0/s1. The van der Waals surface area contributed by atoms with Crippen LogP contribution in [-0.4, -0.2) is 49.1 Å². The van der Waals surface area contributed by atoms with Gasteiger partial charge in [-0.3, -0.25) is 4.90 Å². The van der Waals surface area contributed by atoms with Crippen LogP contribution in [0.4, 0.5) is 0 Å². The molecule has 2 fully saturated rings. The summed E-state index contributed by atoms with van der Waals surface area (Å²) in [6, 6.07) is 6.97. The number of likely N-dealkylation sites (N-methyl/N-ethyl adjacent to an activating group) is 1. The minimum atomic E-state index is 0.723. The van der Waals surface area contributed by atoms with E-state index < -0.39 is 0 Å². The van der Waals surface area contributed by atoms with E-state index in [0.29, 0.717) is 0 Å². The molecule has 2 saturated heterocycles. The Balaban J connectivity index is 1.60. The molecule has 0 N–H and O–H groups in total. The van der Waals surface area contributed by atoms with E-state index in [9.17, 15) is 0 Å². The van der Waals surface area contributed by atoms with Crippen molar-refractivity contribution in [3.8, 4) is 5.75 Å². The van der Waals surface area contributed by atoms with Gasteiger partial charge in [-0.1, -0.05) is 24.6 Å². The summed E-state index contributed by atoms with van der Waals surface area (Å²) in [6.45, 7) is 7.49. The molecular weight excluding hydrogens is 284 g/mol. The van der Waals surface area contributed by atoms with Crippen LogP contribution in [0.1, 0.15) is 25.3 Å². The maximum atomic E-state index is 6.32. The second-order valence-corrected chi connectivity index (χ2v) is 6.81. The number of hydrogen-bond acceptors (Lipinski definition) is 3. The summed E-state index contributed by atoms with van der Waals surface area (Å²) in [5.41, 5.74) is 1.28. The van der Waals surface area contributed by atoms with E-state index in [-0.39, 0.29) is 0 Å². The molecule has 0 radical (unpaired) electrons. The molecule has 1 aromatic carbocycles. The molecule has 0 aromatic heterocycles.